The number of amides is 1. The number of benzene rings is 2. The van der Waals surface area contributed by atoms with Crippen molar-refractivity contribution in [3.63, 3.8) is 0 Å². The van der Waals surface area contributed by atoms with Gasteiger partial charge < -0.3 is 10.1 Å². The first-order valence-corrected chi connectivity index (χ1v) is 14.9. The molecule has 1 amide bonds. The first-order chi connectivity index (χ1) is 16.6. The van der Waals surface area contributed by atoms with Gasteiger partial charge >= 0.3 is 6.09 Å². The second-order valence-electron chi connectivity index (χ2n) is 9.29. The Morgan fingerprint density at radius 2 is 1.47 bits per heavy atom. The highest BCUT2D eigenvalue weighted by molar-refractivity contribution is 7.88. The van der Waals surface area contributed by atoms with Gasteiger partial charge in [0, 0.05) is 0 Å². The third-order valence-corrected chi connectivity index (χ3v) is 6.29. The molecule has 0 fully saturated rings. The predicted octanol–water partition coefficient (Wildman–Crippen LogP) is 4.30. The van der Waals surface area contributed by atoms with Crippen molar-refractivity contribution >= 4 is 26.2 Å². The van der Waals surface area contributed by atoms with Crippen LogP contribution in [0.15, 0.2) is 59.5 Å². The van der Waals surface area contributed by atoms with Crippen molar-refractivity contribution in [3.05, 3.63) is 65.7 Å². The molecule has 0 unspecified atom stereocenters. The summed E-state index contributed by atoms with van der Waals surface area (Å²) in [5, 5.41) is 2.55. The van der Waals surface area contributed by atoms with E-state index in [0.29, 0.717) is 5.56 Å². The topological polar surface area (TPSA) is 128 Å². The number of carbonyl (C=O) groups is 1. The molecule has 0 saturated carbocycles. The first-order valence-electron chi connectivity index (χ1n) is 11.6. The summed E-state index contributed by atoms with van der Waals surface area (Å²) < 4.78 is 62.5. The molecule has 0 radical (unpaired) electrons. The highest BCUT2D eigenvalue weighted by atomic mass is 32.2. The Labute approximate surface area is 215 Å². The monoisotopic (exact) mass is 542 g/mol. The van der Waals surface area contributed by atoms with Crippen LogP contribution in [0.5, 0.6) is 0 Å². The highest BCUT2D eigenvalue weighted by Crippen LogP contribution is 2.21. The highest BCUT2D eigenvalue weighted by Gasteiger charge is 2.31. The van der Waals surface area contributed by atoms with Crippen molar-refractivity contribution in [1.29, 1.82) is 0 Å². The molecule has 2 aromatic carbocycles. The van der Waals surface area contributed by atoms with Crippen LogP contribution in [-0.2, 0) is 29.1 Å². The van der Waals surface area contributed by atoms with Crippen molar-refractivity contribution in [2.75, 3.05) is 12.9 Å². The summed E-state index contributed by atoms with van der Waals surface area (Å²) in [6, 6.07) is 12.4. The van der Waals surface area contributed by atoms with E-state index in [1.165, 1.54) is 18.6 Å². The van der Waals surface area contributed by atoms with E-state index in [9.17, 15) is 21.6 Å². The van der Waals surface area contributed by atoms with Crippen molar-refractivity contribution in [1.82, 2.24) is 10.0 Å². The number of aryl methyl sites for hydroxylation is 1. The standard InChI is InChI=1S/C22H30N2O7S2.C3H8/c1-16-11-13-18(14-12-16)33(28,29)30-15-19(23-21(25)31-22(2,3)4)20(24-32(5,26)27)17-9-7-6-8-10-17;1-3-2/h6-14,19-20,24H,15H2,1-5H3,(H,23,25);3H2,1-2H3/t19-,20+;/m1./s1. The molecule has 0 bridgehead atoms. The van der Waals surface area contributed by atoms with Gasteiger partial charge in [-0.05, 0) is 45.4 Å². The van der Waals surface area contributed by atoms with Gasteiger partial charge in [-0.15, -0.1) is 0 Å². The van der Waals surface area contributed by atoms with Gasteiger partial charge in [-0.2, -0.15) is 8.42 Å². The van der Waals surface area contributed by atoms with Crippen LogP contribution in [0.1, 0.15) is 58.2 Å². The van der Waals surface area contributed by atoms with Crippen molar-refractivity contribution in [2.24, 2.45) is 0 Å². The number of ether oxygens (including phenoxy) is 1. The summed E-state index contributed by atoms with van der Waals surface area (Å²) in [4.78, 5) is 12.4. The Kier molecular flexibility index (Phi) is 12.0. The zero-order valence-corrected chi connectivity index (χ0v) is 23.6. The lowest BCUT2D eigenvalue weighted by molar-refractivity contribution is 0.0475. The molecule has 0 heterocycles. The molecule has 2 atom stereocenters. The van der Waals surface area contributed by atoms with Crippen molar-refractivity contribution in [2.45, 2.75) is 70.5 Å². The van der Waals surface area contributed by atoms with Crippen LogP contribution < -0.4 is 10.0 Å². The number of rotatable bonds is 9. The zero-order chi connectivity index (χ0) is 27.6. The lowest BCUT2D eigenvalue weighted by atomic mass is 10.0. The molecule has 2 rings (SSSR count). The van der Waals surface area contributed by atoms with E-state index < -0.39 is 50.5 Å². The van der Waals surface area contributed by atoms with Crippen LogP contribution in [0.3, 0.4) is 0 Å². The third-order valence-electron chi connectivity index (χ3n) is 4.32. The molecule has 0 spiro atoms. The Bertz CT molecular complexity index is 1160. The van der Waals surface area contributed by atoms with Gasteiger partial charge in [0.25, 0.3) is 10.1 Å². The molecule has 2 aromatic rings. The quantitative estimate of drug-likeness (QED) is 0.452. The SMILES string of the molecule is CCC.Cc1ccc(S(=O)(=O)OC[C@@H](NC(=O)OC(C)(C)C)[C@@H](NS(C)(=O)=O)c2ccccc2)cc1. The summed E-state index contributed by atoms with van der Waals surface area (Å²) in [6.07, 6.45) is 1.37. The van der Waals surface area contributed by atoms with Gasteiger partial charge in [0.2, 0.25) is 10.0 Å². The number of alkyl carbamates (subject to hydrolysis) is 1. The van der Waals surface area contributed by atoms with E-state index in [0.717, 1.165) is 11.8 Å². The molecule has 9 nitrogen and oxygen atoms in total. The minimum absolute atomic E-state index is 0.0588. The zero-order valence-electron chi connectivity index (χ0n) is 21.9. The van der Waals surface area contributed by atoms with Gasteiger partial charge in [0.1, 0.15) is 5.60 Å². The minimum Gasteiger partial charge on any atom is -0.444 e. The van der Waals surface area contributed by atoms with Gasteiger partial charge in [-0.1, -0.05) is 68.3 Å². The first kappa shape index (κ1) is 31.6. The summed E-state index contributed by atoms with van der Waals surface area (Å²) in [5.41, 5.74) is 0.552. The smallest absolute Gasteiger partial charge is 0.408 e. The van der Waals surface area contributed by atoms with Crippen LogP contribution in [0.25, 0.3) is 0 Å². The molecule has 36 heavy (non-hydrogen) atoms. The van der Waals surface area contributed by atoms with E-state index >= 15 is 0 Å². The second kappa shape index (κ2) is 13.7. The Hall–Kier alpha value is -2.47. The van der Waals surface area contributed by atoms with Crippen LogP contribution in [0.2, 0.25) is 0 Å². The molecule has 0 saturated heterocycles. The summed E-state index contributed by atoms with van der Waals surface area (Å²) in [7, 11) is -7.92. The average Bonchev–Trinajstić information content (AvgIpc) is 2.75. The predicted molar refractivity (Wildman–Crippen MR) is 141 cm³/mol. The van der Waals surface area contributed by atoms with E-state index in [1.807, 2.05) is 6.92 Å². The Morgan fingerprint density at radius 3 is 1.94 bits per heavy atom. The van der Waals surface area contributed by atoms with Crippen molar-refractivity contribution < 1.29 is 30.6 Å². The number of carbonyl (C=O) groups excluding carboxylic acids is 1. The van der Waals surface area contributed by atoms with Crippen molar-refractivity contribution in [3.8, 4) is 0 Å². The third kappa shape index (κ3) is 12.0. The van der Waals surface area contributed by atoms with E-state index in [-0.39, 0.29) is 4.90 Å². The number of hydrogen-bond acceptors (Lipinski definition) is 7. The minimum atomic E-state index is -4.17. The lowest BCUT2D eigenvalue weighted by Crippen LogP contribution is -2.50. The van der Waals surface area contributed by atoms with E-state index in [2.05, 4.69) is 23.9 Å². The maximum absolute atomic E-state index is 12.7. The normalized spacial score (nSPS) is 13.6. The number of sulfonamides is 1. The molecule has 0 aliphatic carbocycles. The number of hydrogen-bond donors (Lipinski definition) is 2. The van der Waals surface area contributed by atoms with Gasteiger partial charge in [-0.3, -0.25) is 4.18 Å². The molecule has 0 aliphatic heterocycles. The fourth-order valence-electron chi connectivity index (χ4n) is 2.89. The largest absolute Gasteiger partial charge is 0.444 e. The molecule has 0 aromatic heterocycles. The molecule has 0 aliphatic rings. The van der Waals surface area contributed by atoms with E-state index in [1.54, 1.807) is 63.2 Å². The van der Waals surface area contributed by atoms with Crippen LogP contribution in [-0.4, -0.2) is 47.4 Å². The fourth-order valence-corrected chi connectivity index (χ4v) is 4.58. The molecular formula is C25H38N2O7S2. The molecule has 11 heteroatoms. The molecular weight excluding hydrogens is 504 g/mol. The lowest BCUT2D eigenvalue weighted by Gasteiger charge is -2.29. The summed E-state index contributed by atoms with van der Waals surface area (Å²) in [5.74, 6) is 0. The summed E-state index contributed by atoms with van der Waals surface area (Å²) >= 11 is 0. The van der Waals surface area contributed by atoms with Crippen LogP contribution in [0.4, 0.5) is 4.79 Å². The van der Waals surface area contributed by atoms with Gasteiger partial charge in [-0.25, -0.2) is 17.9 Å². The molecule has 202 valence electrons. The maximum atomic E-state index is 12.7. The average molecular weight is 543 g/mol. The Balaban J connectivity index is 0.00000205. The fraction of sp³-hybridized carbons (Fsp3) is 0.480. The number of nitrogens with one attached hydrogen (secondary N) is 2. The van der Waals surface area contributed by atoms with Gasteiger partial charge in [0.15, 0.2) is 0 Å². The van der Waals surface area contributed by atoms with Gasteiger partial charge in [0.05, 0.1) is 29.8 Å². The van der Waals surface area contributed by atoms with Crippen LogP contribution in [0, 0.1) is 6.92 Å². The van der Waals surface area contributed by atoms with E-state index in [4.69, 9.17) is 8.92 Å². The maximum Gasteiger partial charge on any atom is 0.408 e. The second-order valence-corrected chi connectivity index (χ2v) is 12.7. The van der Waals surface area contributed by atoms with Crippen LogP contribution >= 0.6 is 0 Å². The molecule has 2 N–H and O–H groups in total. The Morgan fingerprint density at radius 1 is 0.944 bits per heavy atom. The summed E-state index contributed by atoms with van der Waals surface area (Å²) in [6.45, 7) is 10.5.